The fourth-order valence-corrected chi connectivity index (χ4v) is 2.41. The van der Waals surface area contributed by atoms with Gasteiger partial charge in [0, 0.05) is 28.2 Å². The molecule has 21 heavy (non-hydrogen) atoms. The summed E-state index contributed by atoms with van der Waals surface area (Å²) in [4.78, 5) is 9.73. The molecule has 0 bridgehead atoms. The molecule has 0 radical (unpaired) electrons. The lowest BCUT2D eigenvalue weighted by Crippen LogP contribution is -2.04. The van der Waals surface area contributed by atoms with E-state index in [1.807, 2.05) is 0 Å². The lowest BCUT2D eigenvalue weighted by molar-refractivity contribution is -0.387. The molecule has 2 aromatic rings. The van der Waals surface area contributed by atoms with Gasteiger partial charge in [0.1, 0.15) is 5.82 Å². The second-order valence-corrected chi connectivity index (χ2v) is 5.45. The van der Waals surface area contributed by atoms with E-state index in [9.17, 15) is 18.9 Å². The molecule has 0 aliphatic carbocycles. The number of benzene rings is 2. The van der Waals surface area contributed by atoms with Crippen molar-refractivity contribution in [3.63, 3.8) is 0 Å². The normalized spacial score (nSPS) is 10.5. The Kier molecular flexibility index (Phi) is 4.74. The predicted molar refractivity (Wildman–Crippen MR) is 79.5 cm³/mol. The highest BCUT2D eigenvalue weighted by molar-refractivity contribution is 9.10. The Labute approximate surface area is 132 Å². The number of hydrogen-bond acceptors (Lipinski definition) is 3. The second kappa shape index (κ2) is 6.36. The standard InChI is InChI=1S/C13H8BrClF2N2O2/c14-8-2-1-7(9(15)3-8)6-18-12-5-13(19(20)21)11(17)4-10(12)16/h1-5,18H,6H2. The van der Waals surface area contributed by atoms with Crippen LogP contribution in [0.1, 0.15) is 5.56 Å². The van der Waals surface area contributed by atoms with Gasteiger partial charge in [0.2, 0.25) is 5.82 Å². The Morgan fingerprint density at radius 2 is 1.95 bits per heavy atom. The minimum atomic E-state index is -1.22. The molecule has 110 valence electrons. The largest absolute Gasteiger partial charge is 0.378 e. The number of rotatable bonds is 4. The van der Waals surface area contributed by atoms with Crippen LogP contribution in [0.15, 0.2) is 34.8 Å². The molecule has 4 nitrogen and oxygen atoms in total. The zero-order chi connectivity index (χ0) is 15.6. The van der Waals surface area contributed by atoms with Gasteiger partial charge < -0.3 is 5.32 Å². The zero-order valence-corrected chi connectivity index (χ0v) is 12.7. The first-order chi connectivity index (χ1) is 9.88. The van der Waals surface area contributed by atoms with E-state index < -0.39 is 22.2 Å². The summed E-state index contributed by atoms with van der Waals surface area (Å²) in [5.74, 6) is -2.13. The van der Waals surface area contributed by atoms with E-state index in [0.717, 1.165) is 10.5 Å². The third kappa shape index (κ3) is 3.68. The van der Waals surface area contributed by atoms with Crippen molar-refractivity contribution in [1.82, 2.24) is 0 Å². The molecule has 0 amide bonds. The van der Waals surface area contributed by atoms with Gasteiger partial charge in [-0.05, 0) is 17.7 Å². The molecule has 0 fully saturated rings. The molecule has 8 heteroatoms. The number of nitrogens with zero attached hydrogens (tertiary/aromatic N) is 1. The van der Waals surface area contributed by atoms with E-state index in [2.05, 4.69) is 21.2 Å². The molecule has 0 aliphatic rings. The van der Waals surface area contributed by atoms with Crippen molar-refractivity contribution in [1.29, 1.82) is 0 Å². The van der Waals surface area contributed by atoms with Gasteiger partial charge in [-0.2, -0.15) is 4.39 Å². The quantitative estimate of drug-likeness (QED) is 0.609. The van der Waals surface area contributed by atoms with Crippen LogP contribution in [0.25, 0.3) is 0 Å². The highest BCUT2D eigenvalue weighted by Crippen LogP contribution is 2.27. The van der Waals surface area contributed by atoms with Gasteiger partial charge in [-0.25, -0.2) is 4.39 Å². The van der Waals surface area contributed by atoms with Crippen molar-refractivity contribution in [3.8, 4) is 0 Å². The van der Waals surface area contributed by atoms with E-state index >= 15 is 0 Å². The number of nitro benzene ring substituents is 1. The Morgan fingerprint density at radius 1 is 1.24 bits per heavy atom. The average molecular weight is 378 g/mol. The third-order valence-corrected chi connectivity index (χ3v) is 3.56. The lowest BCUT2D eigenvalue weighted by atomic mass is 10.2. The van der Waals surface area contributed by atoms with Crippen LogP contribution in [0, 0.1) is 21.7 Å². The molecule has 2 aromatic carbocycles. The Bertz CT molecular complexity index is 713. The molecule has 0 saturated carbocycles. The average Bonchev–Trinajstić information content (AvgIpc) is 2.39. The van der Waals surface area contributed by atoms with Crippen molar-refractivity contribution in [2.75, 3.05) is 5.32 Å². The summed E-state index contributed by atoms with van der Waals surface area (Å²) in [5, 5.41) is 13.8. The molecule has 0 spiro atoms. The summed E-state index contributed by atoms with van der Waals surface area (Å²) in [6, 6.07) is 6.44. The Hall–Kier alpha value is -1.73. The molecular weight excluding hydrogens is 370 g/mol. The van der Waals surface area contributed by atoms with Crippen LogP contribution in [0.2, 0.25) is 5.02 Å². The van der Waals surface area contributed by atoms with Crippen molar-refractivity contribution in [2.24, 2.45) is 0 Å². The molecule has 2 rings (SSSR count). The van der Waals surface area contributed by atoms with Crippen molar-refractivity contribution >= 4 is 38.9 Å². The highest BCUT2D eigenvalue weighted by atomic mass is 79.9. The maximum Gasteiger partial charge on any atom is 0.307 e. The third-order valence-electron chi connectivity index (χ3n) is 2.72. The van der Waals surface area contributed by atoms with Crippen molar-refractivity contribution in [3.05, 3.63) is 67.1 Å². The molecule has 1 N–H and O–H groups in total. The maximum absolute atomic E-state index is 13.6. The van der Waals surface area contributed by atoms with E-state index in [1.165, 1.54) is 0 Å². The number of halogens is 4. The number of nitro groups is 1. The molecule has 0 heterocycles. The molecular formula is C13H8BrClF2N2O2. The summed E-state index contributed by atoms with van der Waals surface area (Å²) in [5.41, 5.74) is -0.283. The highest BCUT2D eigenvalue weighted by Gasteiger charge is 2.18. The van der Waals surface area contributed by atoms with Gasteiger partial charge in [-0.1, -0.05) is 33.6 Å². The monoisotopic (exact) mass is 376 g/mol. The molecule has 0 aliphatic heterocycles. The zero-order valence-electron chi connectivity index (χ0n) is 10.4. The minimum absolute atomic E-state index is 0.145. The van der Waals surface area contributed by atoms with Gasteiger partial charge >= 0.3 is 5.69 Å². The summed E-state index contributed by atoms with van der Waals surface area (Å²) in [7, 11) is 0. The van der Waals surface area contributed by atoms with Crippen LogP contribution >= 0.6 is 27.5 Å². The SMILES string of the molecule is O=[N+]([O-])c1cc(NCc2ccc(Br)cc2Cl)c(F)cc1F. The fourth-order valence-electron chi connectivity index (χ4n) is 1.67. The number of nitrogens with one attached hydrogen (secondary N) is 1. The van der Waals surface area contributed by atoms with E-state index in [0.29, 0.717) is 16.7 Å². The molecule has 0 unspecified atom stereocenters. The van der Waals surface area contributed by atoms with Gasteiger partial charge in [-0.3, -0.25) is 10.1 Å². The number of anilines is 1. The second-order valence-electron chi connectivity index (χ2n) is 4.13. The Morgan fingerprint density at radius 3 is 2.57 bits per heavy atom. The van der Waals surface area contributed by atoms with Crippen LogP contribution in [0.5, 0.6) is 0 Å². The molecule has 0 saturated heterocycles. The van der Waals surface area contributed by atoms with E-state index in [-0.39, 0.29) is 12.2 Å². The van der Waals surface area contributed by atoms with Crippen LogP contribution < -0.4 is 5.32 Å². The first-order valence-corrected chi connectivity index (χ1v) is 6.87. The fraction of sp³-hybridized carbons (Fsp3) is 0.0769. The molecule has 0 aromatic heterocycles. The topological polar surface area (TPSA) is 55.2 Å². The van der Waals surface area contributed by atoms with Gasteiger partial charge in [0.15, 0.2) is 0 Å². The lowest BCUT2D eigenvalue weighted by Gasteiger charge is -2.09. The van der Waals surface area contributed by atoms with E-state index in [4.69, 9.17) is 11.6 Å². The molecule has 0 atom stereocenters. The van der Waals surface area contributed by atoms with Crippen LogP contribution in [0.3, 0.4) is 0 Å². The Balaban J connectivity index is 2.23. The van der Waals surface area contributed by atoms with Gasteiger partial charge in [0.25, 0.3) is 0 Å². The predicted octanol–water partition coefficient (Wildman–Crippen LogP) is 4.90. The van der Waals surface area contributed by atoms with Gasteiger partial charge in [-0.15, -0.1) is 0 Å². The smallest absolute Gasteiger partial charge is 0.307 e. The first kappa shape index (κ1) is 15.7. The summed E-state index contributed by atoms with van der Waals surface area (Å²) in [6.07, 6.45) is 0. The first-order valence-electron chi connectivity index (χ1n) is 5.69. The minimum Gasteiger partial charge on any atom is -0.378 e. The number of hydrogen-bond donors (Lipinski definition) is 1. The van der Waals surface area contributed by atoms with Crippen molar-refractivity contribution < 1.29 is 13.7 Å². The van der Waals surface area contributed by atoms with Crippen LogP contribution in [0.4, 0.5) is 20.2 Å². The summed E-state index contributed by atoms with van der Waals surface area (Å²) in [6.45, 7) is 0.145. The van der Waals surface area contributed by atoms with E-state index in [1.54, 1.807) is 18.2 Å². The maximum atomic E-state index is 13.6. The summed E-state index contributed by atoms with van der Waals surface area (Å²) < 4.78 is 27.6. The van der Waals surface area contributed by atoms with Gasteiger partial charge in [0.05, 0.1) is 10.6 Å². The summed E-state index contributed by atoms with van der Waals surface area (Å²) >= 11 is 9.27. The van der Waals surface area contributed by atoms with Crippen LogP contribution in [-0.4, -0.2) is 4.92 Å². The van der Waals surface area contributed by atoms with Crippen LogP contribution in [-0.2, 0) is 6.54 Å². The van der Waals surface area contributed by atoms with Crippen molar-refractivity contribution in [2.45, 2.75) is 6.54 Å².